The maximum atomic E-state index is 12.1. The Kier molecular flexibility index (Phi) is 7.91. The zero-order valence-electron chi connectivity index (χ0n) is 16.7. The standard InChI is InChI=1S/C22H20ClNO7S/c23-15-3-1-2-14(11-15)17(31-20(27)9-8-19(25)26)12-30-16-6-4-13(5-7-16)10-18-21(28)24-22(29)32-18/h1-7,11,17,28H,8-10,12H2,(H,24,29)(H,25,26). The molecule has 3 rings (SSSR count). The molecule has 0 radical (unpaired) electrons. The molecule has 1 heterocycles. The van der Waals surface area contributed by atoms with Gasteiger partial charge in [0, 0.05) is 11.4 Å². The van der Waals surface area contributed by atoms with Crippen LogP contribution in [-0.4, -0.2) is 33.7 Å². The minimum atomic E-state index is -1.09. The van der Waals surface area contributed by atoms with Gasteiger partial charge in [-0.1, -0.05) is 47.2 Å². The van der Waals surface area contributed by atoms with Crippen LogP contribution in [0, 0.1) is 0 Å². The number of hydrogen-bond donors (Lipinski definition) is 3. The van der Waals surface area contributed by atoms with Gasteiger partial charge >= 0.3 is 16.8 Å². The number of thiazole rings is 1. The quantitative estimate of drug-likeness (QED) is 0.378. The van der Waals surface area contributed by atoms with Crippen molar-refractivity contribution in [2.45, 2.75) is 25.4 Å². The summed E-state index contributed by atoms with van der Waals surface area (Å²) in [4.78, 5) is 36.6. The highest BCUT2D eigenvalue weighted by atomic mass is 35.5. The van der Waals surface area contributed by atoms with E-state index < -0.39 is 18.0 Å². The fourth-order valence-electron chi connectivity index (χ4n) is 2.86. The van der Waals surface area contributed by atoms with E-state index in [-0.39, 0.29) is 30.2 Å². The van der Waals surface area contributed by atoms with Crippen LogP contribution >= 0.6 is 22.9 Å². The number of carboxylic acids is 1. The molecule has 2 aromatic carbocycles. The highest BCUT2D eigenvalue weighted by molar-refractivity contribution is 7.09. The number of nitrogens with one attached hydrogen (secondary N) is 1. The van der Waals surface area contributed by atoms with E-state index in [2.05, 4.69) is 4.98 Å². The largest absolute Gasteiger partial charge is 0.494 e. The molecule has 8 nitrogen and oxygen atoms in total. The minimum Gasteiger partial charge on any atom is -0.494 e. The molecule has 1 atom stereocenters. The molecule has 0 aliphatic carbocycles. The van der Waals surface area contributed by atoms with E-state index >= 15 is 0 Å². The molecule has 168 valence electrons. The minimum absolute atomic E-state index is 0.00127. The van der Waals surface area contributed by atoms with Crippen LogP contribution < -0.4 is 9.61 Å². The predicted molar refractivity (Wildman–Crippen MR) is 119 cm³/mol. The van der Waals surface area contributed by atoms with E-state index in [1.54, 1.807) is 48.5 Å². The molecule has 0 saturated carbocycles. The van der Waals surface area contributed by atoms with Gasteiger partial charge in [-0.3, -0.25) is 19.4 Å². The molecule has 0 spiro atoms. The lowest BCUT2D eigenvalue weighted by atomic mass is 10.1. The molecule has 0 saturated heterocycles. The number of esters is 1. The Morgan fingerprint density at radius 3 is 2.50 bits per heavy atom. The Balaban J connectivity index is 1.65. The number of aromatic hydroxyl groups is 1. The number of halogens is 1. The summed E-state index contributed by atoms with van der Waals surface area (Å²) >= 11 is 6.99. The van der Waals surface area contributed by atoms with Crippen molar-refractivity contribution in [2.75, 3.05) is 6.61 Å². The van der Waals surface area contributed by atoms with Crippen molar-refractivity contribution < 1.29 is 29.3 Å². The molecule has 32 heavy (non-hydrogen) atoms. The van der Waals surface area contributed by atoms with Crippen LogP contribution in [0.25, 0.3) is 0 Å². The Labute approximate surface area is 192 Å². The molecule has 0 fully saturated rings. The molecule has 3 aromatic rings. The first-order valence-corrected chi connectivity index (χ1v) is 10.8. The number of carbonyl (C=O) groups is 2. The maximum Gasteiger partial charge on any atom is 0.307 e. The highest BCUT2D eigenvalue weighted by Gasteiger charge is 2.19. The molecule has 0 aliphatic rings. The van der Waals surface area contributed by atoms with E-state index in [4.69, 9.17) is 26.2 Å². The first-order valence-electron chi connectivity index (χ1n) is 9.59. The number of aromatic amines is 1. The lowest BCUT2D eigenvalue weighted by Gasteiger charge is -2.19. The van der Waals surface area contributed by atoms with Crippen LogP contribution in [-0.2, 0) is 20.7 Å². The lowest BCUT2D eigenvalue weighted by Crippen LogP contribution is -2.18. The van der Waals surface area contributed by atoms with Crippen LogP contribution in [0.4, 0.5) is 0 Å². The van der Waals surface area contributed by atoms with E-state index in [0.29, 0.717) is 27.6 Å². The molecule has 3 N–H and O–H groups in total. The highest BCUT2D eigenvalue weighted by Crippen LogP contribution is 2.25. The van der Waals surface area contributed by atoms with Gasteiger partial charge in [-0.25, -0.2) is 0 Å². The average molecular weight is 478 g/mol. The molecule has 1 aromatic heterocycles. The first-order chi connectivity index (χ1) is 15.3. The summed E-state index contributed by atoms with van der Waals surface area (Å²) in [6.45, 7) is -0.00127. The van der Waals surface area contributed by atoms with E-state index in [1.165, 1.54) is 0 Å². The van der Waals surface area contributed by atoms with Crippen molar-refractivity contribution in [3.63, 3.8) is 0 Å². The van der Waals surface area contributed by atoms with Gasteiger partial charge in [-0.15, -0.1) is 0 Å². The Bertz CT molecular complexity index is 1140. The van der Waals surface area contributed by atoms with Crippen molar-refractivity contribution in [2.24, 2.45) is 0 Å². The summed E-state index contributed by atoms with van der Waals surface area (Å²) in [5, 5.41) is 18.9. The van der Waals surface area contributed by atoms with Crippen molar-refractivity contribution in [3.8, 4) is 11.6 Å². The molecule has 0 bridgehead atoms. The second-order valence-electron chi connectivity index (χ2n) is 6.85. The fourth-order valence-corrected chi connectivity index (χ4v) is 3.82. The Morgan fingerprint density at radius 1 is 1.12 bits per heavy atom. The summed E-state index contributed by atoms with van der Waals surface area (Å²) in [7, 11) is 0. The van der Waals surface area contributed by atoms with E-state index in [1.807, 2.05) is 0 Å². The zero-order valence-corrected chi connectivity index (χ0v) is 18.3. The average Bonchev–Trinajstić information content (AvgIpc) is 3.07. The van der Waals surface area contributed by atoms with Crippen molar-refractivity contribution in [1.29, 1.82) is 0 Å². The van der Waals surface area contributed by atoms with Crippen LogP contribution in [0.15, 0.2) is 53.3 Å². The number of ether oxygens (including phenoxy) is 2. The normalized spacial score (nSPS) is 11.7. The number of H-pyrrole nitrogens is 1. The molecule has 10 heteroatoms. The third kappa shape index (κ3) is 6.86. The van der Waals surface area contributed by atoms with Crippen LogP contribution in [0.3, 0.4) is 0 Å². The second-order valence-corrected chi connectivity index (χ2v) is 8.35. The predicted octanol–water partition coefficient (Wildman–Crippen LogP) is 3.91. The number of hydrogen-bond acceptors (Lipinski definition) is 7. The topological polar surface area (TPSA) is 126 Å². The maximum absolute atomic E-state index is 12.1. The lowest BCUT2D eigenvalue weighted by molar-refractivity contribution is -0.153. The van der Waals surface area contributed by atoms with Crippen molar-refractivity contribution >= 4 is 34.9 Å². The van der Waals surface area contributed by atoms with Gasteiger partial charge < -0.3 is 19.7 Å². The fraction of sp³-hybridized carbons (Fsp3) is 0.227. The number of aromatic nitrogens is 1. The first kappa shape index (κ1) is 23.4. The van der Waals surface area contributed by atoms with Crippen molar-refractivity contribution in [3.05, 3.63) is 79.2 Å². The summed E-state index contributed by atoms with van der Waals surface area (Å²) in [6, 6.07) is 13.8. The molecular formula is C22H20ClNO7S. The summed E-state index contributed by atoms with van der Waals surface area (Å²) in [5.74, 6) is -1.34. The van der Waals surface area contributed by atoms with E-state index in [0.717, 1.165) is 16.9 Å². The van der Waals surface area contributed by atoms with Gasteiger partial charge in [0.15, 0.2) is 6.10 Å². The molecule has 0 aliphatic heterocycles. The second kappa shape index (κ2) is 10.8. The van der Waals surface area contributed by atoms with Gasteiger partial charge in [0.1, 0.15) is 12.4 Å². The third-order valence-corrected chi connectivity index (χ3v) is 5.53. The number of benzene rings is 2. The number of carboxylic acid groups (broad SMARTS) is 1. The number of aliphatic carboxylic acids is 1. The third-order valence-electron chi connectivity index (χ3n) is 4.43. The molecule has 0 amide bonds. The molecular weight excluding hydrogens is 458 g/mol. The van der Waals surface area contributed by atoms with Gasteiger partial charge in [0.05, 0.1) is 17.7 Å². The Hall–Kier alpha value is -3.30. The Morgan fingerprint density at radius 2 is 1.88 bits per heavy atom. The smallest absolute Gasteiger partial charge is 0.307 e. The van der Waals surface area contributed by atoms with Gasteiger partial charge in [-0.2, -0.15) is 0 Å². The van der Waals surface area contributed by atoms with E-state index in [9.17, 15) is 19.5 Å². The van der Waals surface area contributed by atoms with Crippen LogP contribution in [0.1, 0.15) is 34.9 Å². The number of rotatable bonds is 10. The SMILES string of the molecule is O=C(O)CCC(=O)OC(COc1ccc(Cc2sc(=O)[nH]c2O)cc1)c1cccc(Cl)c1. The molecule has 1 unspecified atom stereocenters. The van der Waals surface area contributed by atoms with Crippen molar-refractivity contribution in [1.82, 2.24) is 4.98 Å². The zero-order chi connectivity index (χ0) is 23.1. The van der Waals surface area contributed by atoms with Gasteiger partial charge in [-0.05, 0) is 35.4 Å². The summed E-state index contributed by atoms with van der Waals surface area (Å²) in [6.07, 6.45) is -0.959. The van der Waals surface area contributed by atoms with Crippen LogP contribution in [0.2, 0.25) is 5.02 Å². The summed E-state index contributed by atoms with van der Waals surface area (Å²) < 4.78 is 11.2. The number of carbonyl (C=O) groups excluding carboxylic acids is 1. The summed E-state index contributed by atoms with van der Waals surface area (Å²) in [5.41, 5.74) is 1.49. The van der Waals surface area contributed by atoms with Crippen LogP contribution in [0.5, 0.6) is 11.6 Å². The monoisotopic (exact) mass is 477 g/mol. The van der Waals surface area contributed by atoms with Gasteiger partial charge in [0.2, 0.25) is 5.88 Å². The van der Waals surface area contributed by atoms with Gasteiger partial charge in [0.25, 0.3) is 0 Å².